The average molecular weight is 242 g/mol. The fourth-order valence-electron chi connectivity index (χ4n) is 1.66. The van der Waals surface area contributed by atoms with Crippen LogP contribution >= 0.6 is 0 Å². The summed E-state index contributed by atoms with van der Waals surface area (Å²) in [6.45, 7) is 0.518. The monoisotopic (exact) mass is 242 g/mol. The highest BCUT2D eigenvalue weighted by Crippen LogP contribution is 2.20. The maximum atomic E-state index is 11.4. The van der Waals surface area contributed by atoms with E-state index in [2.05, 4.69) is 9.72 Å². The molecule has 0 atom stereocenters. The summed E-state index contributed by atoms with van der Waals surface area (Å²) in [5.41, 5.74) is 8.86. The average Bonchev–Trinajstić information content (AvgIpc) is 2.46. The van der Waals surface area contributed by atoms with Crippen LogP contribution in [-0.2, 0) is 11.3 Å². The van der Waals surface area contributed by atoms with Gasteiger partial charge in [0.2, 0.25) is 0 Å². The van der Waals surface area contributed by atoms with Crippen molar-refractivity contribution < 1.29 is 9.53 Å². The number of benzene rings is 1. The van der Waals surface area contributed by atoms with E-state index in [-0.39, 0.29) is 0 Å². The molecule has 1 heterocycles. The smallest absolute Gasteiger partial charge is 0.356 e. The molecule has 0 saturated heterocycles. The minimum absolute atomic E-state index is 0.304. The Hall–Kier alpha value is -2.20. The number of esters is 1. The van der Waals surface area contributed by atoms with Gasteiger partial charge in [-0.3, -0.25) is 0 Å². The highest BCUT2D eigenvalue weighted by atomic mass is 16.5. The largest absolute Gasteiger partial charge is 0.464 e. The molecule has 2 aromatic rings. The Morgan fingerprint density at radius 3 is 2.56 bits per heavy atom. The zero-order chi connectivity index (χ0) is 13.0. The maximum Gasteiger partial charge on any atom is 0.356 e. The SMILES string of the molecule is COC(=O)c1cc(-c2ccc(CN)cc2)ccn1. The molecule has 1 aromatic heterocycles. The van der Waals surface area contributed by atoms with E-state index >= 15 is 0 Å². The van der Waals surface area contributed by atoms with Crippen molar-refractivity contribution in [1.29, 1.82) is 0 Å². The Morgan fingerprint density at radius 1 is 1.22 bits per heavy atom. The van der Waals surface area contributed by atoms with Gasteiger partial charge in [-0.25, -0.2) is 9.78 Å². The summed E-state index contributed by atoms with van der Waals surface area (Å²) in [5, 5.41) is 0. The van der Waals surface area contributed by atoms with E-state index in [1.807, 2.05) is 30.3 Å². The molecule has 1 aromatic carbocycles. The molecule has 4 nitrogen and oxygen atoms in total. The first-order valence-electron chi connectivity index (χ1n) is 5.58. The molecule has 0 aliphatic rings. The summed E-state index contributed by atoms with van der Waals surface area (Å²) < 4.78 is 4.65. The summed E-state index contributed by atoms with van der Waals surface area (Å²) in [7, 11) is 1.34. The van der Waals surface area contributed by atoms with Crippen LogP contribution in [0.2, 0.25) is 0 Å². The van der Waals surface area contributed by atoms with Crippen molar-refractivity contribution >= 4 is 5.97 Å². The molecule has 18 heavy (non-hydrogen) atoms. The second-order valence-corrected chi connectivity index (χ2v) is 3.82. The van der Waals surface area contributed by atoms with Gasteiger partial charge >= 0.3 is 5.97 Å². The number of methoxy groups -OCH3 is 1. The topological polar surface area (TPSA) is 65.2 Å². The lowest BCUT2D eigenvalue weighted by Crippen LogP contribution is -2.03. The standard InChI is InChI=1S/C14H14N2O2/c1-18-14(17)13-8-12(6-7-16-13)11-4-2-10(9-15)3-5-11/h2-8H,9,15H2,1H3. The predicted octanol–water partition coefficient (Wildman–Crippen LogP) is 1.99. The Balaban J connectivity index is 2.35. The minimum atomic E-state index is -0.435. The van der Waals surface area contributed by atoms with Gasteiger partial charge in [-0.05, 0) is 28.8 Å². The summed E-state index contributed by atoms with van der Waals surface area (Å²) in [5.74, 6) is -0.435. The van der Waals surface area contributed by atoms with Gasteiger partial charge in [0.15, 0.2) is 0 Å². The minimum Gasteiger partial charge on any atom is -0.464 e. The number of nitrogens with two attached hydrogens (primary N) is 1. The molecule has 4 heteroatoms. The quantitative estimate of drug-likeness (QED) is 0.836. The number of hydrogen-bond donors (Lipinski definition) is 1. The summed E-state index contributed by atoms with van der Waals surface area (Å²) >= 11 is 0. The van der Waals surface area contributed by atoms with Crippen molar-refractivity contribution in [2.45, 2.75) is 6.54 Å². The number of carbonyl (C=O) groups excluding carboxylic acids is 1. The number of pyridine rings is 1. The van der Waals surface area contributed by atoms with Crippen molar-refractivity contribution in [2.75, 3.05) is 7.11 Å². The number of ether oxygens (including phenoxy) is 1. The zero-order valence-electron chi connectivity index (χ0n) is 10.1. The van der Waals surface area contributed by atoms with Crippen molar-refractivity contribution in [1.82, 2.24) is 4.98 Å². The first-order chi connectivity index (χ1) is 8.74. The molecule has 0 aliphatic carbocycles. The van der Waals surface area contributed by atoms with Crippen LogP contribution in [0.1, 0.15) is 16.1 Å². The van der Waals surface area contributed by atoms with Crippen LogP contribution in [0.25, 0.3) is 11.1 Å². The number of nitrogens with zero attached hydrogens (tertiary/aromatic N) is 1. The summed E-state index contributed by atoms with van der Waals surface area (Å²) in [6, 6.07) is 11.4. The van der Waals surface area contributed by atoms with Gasteiger partial charge in [0.25, 0.3) is 0 Å². The highest BCUT2D eigenvalue weighted by molar-refractivity contribution is 5.88. The molecule has 92 valence electrons. The molecule has 0 aliphatic heterocycles. The molecule has 0 amide bonds. The van der Waals surface area contributed by atoms with E-state index in [4.69, 9.17) is 5.73 Å². The van der Waals surface area contributed by atoms with E-state index in [0.717, 1.165) is 16.7 Å². The molecule has 0 bridgehead atoms. The third-order valence-corrected chi connectivity index (χ3v) is 2.68. The zero-order valence-corrected chi connectivity index (χ0v) is 10.1. The van der Waals surface area contributed by atoms with Crippen LogP contribution < -0.4 is 5.73 Å². The molecule has 0 fully saturated rings. The molecule has 2 N–H and O–H groups in total. The second-order valence-electron chi connectivity index (χ2n) is 3.82. The lowest BCUT2D eigenvalue weighted by Gasteiger charge is -2.04. The summed E-state index contributed by atoms with van der Waals surface area (Å²) in [6.07, 6.45) is 1.60. The van der Waals surface area contributed by atoms with Gasteiger partial charge in [0, 0.05) is 12.7 Å². The van der Waals surface area contributed by atoms with Crippen LogP contribution in [0.4, 0.5) is 0 Å². The van der Waals surface area contributed by atoms with Crippen molar-refractivity contribution in [2.24, 2.45) is 5.73 Å². The van der Waals surface area contributed by atoms with Gasteiger partial charge in [0.05, 0.1) is 7.11 Å². The van der Waals surface area contributed by atoms with Gasteiger partial charge in [-0.2, -0.15) is 0 Å². The first kappa shape index (κ1) is 12.3. The highest BCUT2D eigenvalue weighted by Gasteiger charge is 2.08. The van der Waals surface area contributed by atoms with Gasteiger partial charge in [-0.1, -0.05) is 24.3 Å². The van der Waals surface area contributed by atoms with E-state index in [0.29, 0.717) is 12.2 Å². The Labute approximate surface area is 105 Å². The van der Waals surface area contributed by atoms with Crippen LogP contribution in [0.5, 0.6) is 0 Å². The fraction of sp³-hybridized carbons (Fsp3) is 0.143. The van der Waals surface area contributed by atoms with E-state index in [9.17, 15) is 4.79 Å². The molecule has 0 spiro atoms. The summed E-state index contributed by atoms with van der Waals surface area (Å²) in [4.78, 5) is 15.4. The van der Waals surface area contributed by atoms with Crippen LogP contribution in [-0.4, -0.2) is 18.1 Å². The lowest BCUT2D eigenvalue weighted by molar-refractivity contribution is 0.0594. The predicted molar refractivity (Wildman–Crippen MR) is 68.9 cm³/mol. The van der Waals surface area contributed by atoms with E-state index < -0.39 is 5.97 Å². The third-order valence-electron chi connectivity index (χ3n) is 2.68. The van der Waals surface area contributed by atoms with Crippen LogP contribution in [0.15, 0.2) is 42.6 Å². The van der Waals surface area contributed by atoms with Crippen molar-refractivity contribution in [3.8, 4) is 11.1 Å². The van der Waals surface area contributed by atoms with E-state index in [1.165, 1.54) is 7.11 Å². The Morgan fingerprint density at radius 2 is 1.94 bits per heavy atom. The van der Waals surface area contributed by atoms with Crippen LogP contribution in [0, 0.1) is 0 Å². The van der Waals surface area contributed by atoms with Gasteiger partial charge < -0.3 is 10.5 Å². The number of hydrogen-bond acceptors (Lipinski definition) is 4. The second kappa shape index (κ2) is 5.42. The normalized spacial score (nSPS) is 10.1. The Kier molecular flexibility index (Phi) is 3.69. The van der Waals surface area contributed by atoms with Gasteiger partial charge in [0.1, 0.15) is 5.69 Å². The van der Waals surface area contributed by atoms with Gasteiger partial charge in [-0.15, -0.1) is 0 Å². The third kappa shape index (κ3) is 2.55. The Bertz CT molecular complexity index is 550. The molecular weight excluding hydrogens is 228 g/mol. The first-order valence-corrected chi connectivity index (χ1v) is 5.58. The van der Waals surface area contributed by atoms with Crippen molar-refractivity contribution in [3.05, 3.63) is 53.9 Å². The maximum absolute atomic E-state index is 11.4. The van der Waals surface area contributed by atoms with E-state index in [1.54, 1.807) is 12.3 Å². The molecule has 2 rings (SSSR count). The fourth-order valence-corrected chi connectivity index (χ4v) is 1.66. The molecule has 0 saturated carbocycles. The number of aromatic nitrogens is 1. The molecule has 0 radical (unpaired) electrons. The number of rotatable bonds is 3. The lowest BCUT2D eigenvalue weighted by atomic mass is 10.0. The number of carbonyl (C=O) groups is 1. The molecular formula is C14H14N2O2. The van der Waals surface area contributed by atoms with Crippen LogP contribution in [0.3, 0.4) is 0 Å². The van der Waals surface area contributed by atoms with Crippen molar-refractivity contribution in [3.63, 3.8) is 0 Å². The molecule has 0 unspecified atom stereocenters.